The summed E-state index contributed by atoms with van der Waals surface area (Å²) in [5.74, 6) is -0.363. The Kier molecular flexibility index (Phi) is 7.05. The van der Waals surface area contributed by atoms with Gasteiger partial charge in [-0.1, -0.05) is 18.2 Å². The van der Waals surface area contributed by atoms with Gasteiger partial charge in [-0.15, -0.1) is 0 Å². The molecule has 0 unspecified atom stereocenters. The van der Waals surface area contributed by atoms with Crippen LogP contribution in [0.15, 0.2) is 35.6 Å². The molecule has 3 rings (SSSR count). The van der Waals surface area contributed by atoms with E-state index in [9.17, 15) is 12.8 Å². The van der Waals surface area contributed by atoms with Gasteiger partial charge in [0.1, 0.15) is 5.82 Å². The van der Waals surface area contributed by atoms with Crippen molar-refractivity contribution in [1.82, 2.24) is 19.4 Å². The number of imidazole rings is 1. The lowest BCUT2D eigenvalue weighted by atomic mass is 10.2. The summed E-state index contributed by atoms with van der Waals surface area (Å²) in [7, 11) is -3.60. The Bertz CT molecular complexity index is 922. The van der Waals surface area contributed by atoms with Crippen molar-refractivity contribution in [2.75, 3.05) is 39.3 Å². The van der Waals surface area contributed by atoms with E-state index in [0.717, 1.165) is 31.9 Å². The van der Waals surface area contributed by atoms with E-state index in [0.29, 0.717) is 18.7 Å². The molecule has 0 aliphatic carbocycles. The molecule has 1 fully saturated rings. The van der Waals surface area contributed by atoms with Crippen LogP contribution in [0.4, 0.5) is 4.39 Å². The fraction of sp³-hybridized carbons (Fsp3) is 0.550. The minimum Gasteiger partial charge on any atom is -0.395 e. The maximum absolute atomic E-state index is 14.3. The molecule has 29 heavy (non-hydrogen) atoms. The van der Waals surface area contributed by atoms with Gasteiger partial charge < -0.3 is 9.67 Å². The molecule has 1 aliphatic rings. The molecular weight excluding hydrogens is 395 g/mol. The number of aliphatic hydroxyl groups excluding tert-OH is 1. The SMILES string of the molecule is CC(C)S(=O)(=O)c1ncc(CN2CCN(CCO)CC2)n1Cc1ccccc1F. The number of aliphatic hydroxyl groups is 1. The number of benzene rings is 1. The number of aromatic nitrogens is 2. The molecule has 1 N–H and O–H groups in total. The number of hydrogen-bond donors (Lipinski definition) is 1. The van der Waals surface area contributed by atoms with Gasteiger partial charge in [-0.05, 0) is 19.9 Å². The predicted octanol–water partition coefficient (Wildman–Crippen LogP) is 1.36. The number of nitrogens with zero attached hydrogens (tertiary/aromatic N) is 4. The van der Waals surface area contributed by atoms with Crippen molar-refractivity contribution in [1.29, 1.82) is 0 Å². The average molecular weight is 425 g/mol. The van der Waals surface area contributed by atoms with Crippen molar-refractivity contribution < 1.29 is 17.9 Å². The van der Waals surface area contributed by atoms with E-state index < -0.39 is 15.1 Å². The first-order valence-electron chi connectivity index (χ1n) is 9.90. The Morgan fingerprint density at radius 3 is 2.38 bits per heavy atom. The van der Waals surface area contributed by atoms with Crippen molar-refractivity contribution in [3.05, 3.63) is 47.5 Å². The van der Waals surface area contributed by atoms with Crippen LogP contribution in [-0.4, -0.2) is 77.5 Å². The van der Waals surface area contributed by atoms with Crippen LogP contribution in [0.25, 0.3) is 0 Å². The van der Waals surface area contributed by atoms with Crippen LogP contribution in [0.2, 0.25) is 0 Å². The topological polar surface area (TPSA) is 78.7 Å². The molecule has 0 spiro atoms. The first-order valence-corrected chi connectivity index (χ1v) is 11.4. The van der Waals surface area contributed by atoms with E-state index in [2.05, 4.69) is 14.8 Å². The monoisotopic (exact) mass is 424 g/mol. The zero-order valence-corrected chi connectivity index (χ0v) is 17.8. The Morgan fingerprint density at radius 2 is 1.76 bits per heavy atom. The molecule has 160 valence electrons. The average Bonchev–Trinajstić information content (AvgIpc) is 3.08. The van der Waals surface area contributed by atoms with Gasteiger partial charge in [-0.3, -0.25) is 9.80 Å². The largest absolute Gasteiger partial charge is 0.395 e. The van der Waals surface area contributed by atoms with Crippen molar-refractivity contribution >= 4 is 9.84 Å². The third-order valence-electron chi connectivity index (χ3n) is 5.33. The van der Waals surface area contributed by atoms with Gasteiger partial charge in [0.25, 0.3) is 0 Å². The normalized spacial score (nSPS) is 16.6. The van der Waals surface area contributed by atoms with E-state index in [1.807, 2.05) is 0 Å². The summed E-state index contributed by atoms with van der Waals surface area (Å²) in [6.45, 7) is 8.04. The summed E-state index contributed by atoms with van der Waals surface area (Å²) in [4.78, 5) is 8.65. The lowest BCUT2D eigenvalue weighted by molar-refractivity contribution is 0.107. The minimum absolute atomic E-state index is 0.00957. The van der Waals surface area contributed by atoms with Crippen LogP contribution in [0, 0.1) is 5.82 Å². The molecule has 2 heterocycles. The van der Waals surface area contributed by atoms with Gasteiger partial charge in [0, 0.05) is 44.8 Å². The standard InChI is InChI=1S/C20H29FN4O3S/c1-16(2)29(27,28)20-22-13-18(15-24-9-7-23(8-10-24)11-12-26)25(20)14-17-5-3-4-6-19(17)21/h3-6,13,16,26H,7-12,14-15H2,1-2H3. The predicted molar refractivity (Wildman–Crippen MR) is 109 cm³/mol. The second-order valence-corrected chi connectivity index (χ2v) is 10.0. The number of piperazine rings is 1. The second-order valence-electron chi connectivity index (χ2n) is 7.64. The highest BCUT2D eigenvalue weighted by Gasteiger charge is 2.28. The van der Waals surface area contributed by atoms with Crippen LogP contribution in [-0.2, 0) is 22.9 Å². The van der Waals surface area contributed by atoms with Gasteiger partial charge in [0.15, 0.2) is 0 Å². The lowest BCUT2D eigenvalue weighted by Gasteiger charge is -2.34. The molecule has 0 radical (unpaired) electrons. The van der Waals surface area contributed by atoms with E-state index in [4.69, 9.17) is 5.11 Å². The van der Waals surface area contributed by atoms with Crippen molar-refractivity contribution in [2.24, 2.45) is 0 Å². The second kappa shape index (κ2) is 9.34. The molecule has 1 aromatic heterocycles. The first-order chi connectivity index (χ1) is 13.8. The number of sulfone groups is 1. The maximum Gasteiger partial charge on any atom is 0.228 e. The van der Waals surface area contributed by atoms with Crippen LogP contribution >= 0.6 is 0 Å². The van der Waals surface area contributed by atoms with Crippen molar-refractivity contribution in [3.63, 3.8) is 0 Å². The summed E-state index contributed by atoms with van der Waals surface area (Å²) >= 11 is 0. The van der Waals surface area contributed by atoms with E-state index in [1.165, 1.54) is 6.07 Å². The van der Waals surface area contributed by atoms with E-state index in [1.54, 1.807) is 42.8 Å². The highest BCUT2D eigenvalue weighted by molar-refractivity contribution is 7.91. The summed E-state index contributed by atoms with van der Waals surface area (Å²) in [6, 6.07) is 6.40. The molecule has 0 atom stereocenters. The fourth-order valence-electron chi connectivity index (χ4n) is 3.46. The molecule has 9 heteroatoms. The number of rotatable bonds is 8. The number of hydrogen-bond acceptors (Lipinski definition) is 6. The first kappa shape index (κ1) is 21.9. The third-order valence-corrected chi connectivity index (χ3v) is 7.41. The summed E-state index contributed by atoms with van der Waals surface area (Å²) in [5.41, 5.74) is 1.18. The third kappa shape index (κ3) is 5.03. The Morgan fingerprint density at radius 1 is 1.10 bits per heavy atom. The lowest BCUT2D eigenvalue weighted by Crippen LogP contribution is -2.46. The van der Waals surface area contributed by atoms with E-state index >= 15 is 0 Å². The van der Waals surface area contributed by atoms with Gasteiger partial charge >= 0.3 is 0 Å². The van der Waals surface area contributed by atoms with Gasteiger partial charge in [0.2, 0.25) is 15.0 Å². The molecule has 1 aromatic carbocycles. The van der Waals surface area contributed by atoms with Gasteiger partial charge in [-0.2, -0.15) is 0 Å². The minimum atomic E-state index is -3.60. The number of β-amino-alcohol motifs (C(OH)–C–C–N with tert-alkyl or cyclic N) is 1. The number of halogens is 1. The van der Waals surface area contributed by atoms with Crippen LogP contribution < -0.4 is 0 Å². The van der Waals surface area contributed by atoms with Crippen LogP contribution in [0.1, 0.15) is 25.1 Å². The Balaban J connectivity index is 1.87. The highest BCUT2D eigenvalue weighted by Crippen LogP contribution is 2.21. The molecule has 0 bridgehead atoms. The van der Waals surface area contributed by atoms with Gasteiger partial charge in [-0.25, -0.2) is 17.8 Å². The molecule has 1 aliphatic heterocycles. The Hall–Kier alpha value is -1.81. The molecular formula is C20H29FN4O3S. The molecule has 0 amide bonds. The maximum atomic E-state index is 14.3. The highest BCUT2D eigenvalue weighted by atomic mass is 32.2. The zero-order chi connectivity index (χ0) is 21.0. The smallest absolute Gasteiger partial charge is 0.228 e. The molecule has 1 saturated heterocycles. The van der Waals surface area contributed by atoms with Crippen LogP contribution in [0.3, 0.4) is 0 Å². The summed E-state index contributed by atoms with van der Waals surface area (Å²) < 4.78 is 41.5. The fourth-order valence-corrected chi connectivity index (χ4v) is 4.57. The quantitative estimate of drug-likeness (QED) is 0.690. The molecule has 2 aromatic rings. The van der Waals surface area contributed by atoms with Crippen molar-refractivity contribution in [2.45, 2.75) is 37.3 Å². The zero-order valence-electron chi connectivity index (χ0n) is 17.0. The van der Waals surface area contributed by atoms with Crippen molar-refractivity contribution in [3.8, 4) is 0 Å². The molecule has 7 nitrogen and oxygen atoms in total. The van der Waals surface area contributed by atoms with Crippen LogP contribution in [0.5, 0.6) is 0 Å². The summed E-state index contributed by atoms with van der Waals surface area (Å²) in [5, 5.41) is 8.47. The van der Waals surface area contributed by atoms with Gasteiger partial charge in [0.05, 0.1) is 30.3 Å². The van der Waals surface area contributed by atoms with E-state index in [-0.39, 0.29) is 24.1 Å². The summed E-state index contributed by atoms with van der Waals surface area (Å²) in [6.07, 6.45) is 1.59. The molecule has 0 saturated carbocycles. The Labute approximate surface area is 171 Å².